The SMILES string of the molecule is CC(C)C(=O)N1CCC(Nc2ccccc2Oc2ccc(Cl)cc2)CC1. The largest absolute Gasteiger partial charge is 0.455 e. The monoisotopic (exact) mass is 372 g/mol. The number of hydrogen-bond donors (Lipinski definition) is 1. The van der Waals surface area contributed by atoms with Gasteiger partial charge in [-0.25, -0.2) is 0 Å². The van der Waals surface area contributed by atoms with Gasteiger partial charge >= 0.3 is 0 Å². The zero-order valence-corrected chi connectivity index (χ0v) is 16.0. The van der Waals surface area contributed by atoms with Gasteiger partial charge in [0.25, 0.3) is 0 Å². The van der Waals surface area contributed by atoms with Gasteiger partial charge in [0, 0.05) is 30.1 Å². The molecule has 4 nitrogen and oxygen atoms in total. The van der Waals surface area contributed by atoms with Crippen molar-refractivity contribution < 1.29 is 9.53 Å². The van der Waals surface area contributed by atoms with Gasteiger partial charge in [-0.15, -0.1) is 0 Å². The van der Waals surface area contributed by atoms with E-state index in [-0.39, 0.29) is 11.8 Å². The average Bonchev–Trinajstić information content (AvgIpc) is 2.65. The number of carbonyl (C=O) groups is 1. The number of hydrogen-bond acceptors (Lipinski definition) is 3. The second kappa shape index (κ2) is 8.45. The summed E-state index contributed by atoms with van der Waals surface area (Å²) < 4.78 is 6.01. The van der Waals surface area contributed by atoms with Crippen LogP contribution in [-0.2, 0) is 4.79 Å². The molecule has 5 heteroatoms. The molecule has 0 radical (unpaired) electrons. The molecule has 3 rings (SSSR count). The fourth-order valence-corrected chi connectivity index (χ4v) is 3.26. The molecule has 1 aliphatic rings. The maximum Gasteiger partial charge on any atom is 0.225 e. The van der Waals surface area contributed by atoms with E-state index < -0.39 is 0 Å². The van der Waals surface area contributed by atoms with Crippen LogP contribution < -0.4 is 10.1 Å². The number of anilines is 1. The summed E-state index contributed by atoms with van der Waals surface area (Å²) in [6.45, 7) is 5.51. The normalized spacial score (nSPS) is 15.2. The average molecular weight is 373 g/mol. The number of amides is 1. The van der Waals surface area contributed by atoms with Gasteiger partial charge < -0.3 is 15.0 Å². The van der Waals surface area contributed by atoms with Crippen LogP contribution in [0.2, 0.25) is 5.02 Å². The van der Waals surface area contributed by atoms with Crippen LogP contribution in [-0.4, -0.2) is 29.9 Å². The minimum atomic E-state index is 0.0630. The van der Waals surface area contributed by atoms with Gasteiger partial charge in [-0.2, -0.15) is 0 Å². The Morgan fingerprint density at radius 3 is 2.42 bits per heavy atom. The van der Waals surface area contributed by atoms with Crippen molar-refractivity contribution in [1.82, 2.24) is 4.90 Å². The summed E-state index contributed by atoms with van der Waals surface area (Å²) in [6, 6.07) is 15.6. The first-order valence-corrected chi connectivity index (χ1v) is 9.48. The van der Waals surface area contributed by atoms with Crippen molar-refractivity contribution in [3.05, 3.63) is 53.6 Å². The predicted octanol–water partition coefficient (Wildman–Crippen LogP) is 5.19. The molecule has 1 fully saturated rings. The Bertz CT molecular complexity index is 738. The molecule has 0 aromatic heterocycles. The Kier molecular flexibility index (Phi) is 6.04. The molecule has 1 amide bonds. The van der Waals surface area contributed by atoms with Crippen LogP contribution in [0.1, 0.15) is 26.7 Å². The van der Waals surface area contributed by atoms with Crippen LogP contribution in [0.15, 0.2) is 48.5 Å². The summed E-state index contributed by atoms with van der Waals surface area (Å²) in [4.78, 5) is 14.1. The Balaban J connectivity index is 1.62. The van der Waals surface area contributed by atoms with Crippen LogP contribution in [0.25, 0.3) is 0 Å². The van der Waals surface area contributed by atoms with Crippen molar-refractivity contribution in [2.75, 3.05) is 18.4 Å². The molecule has 1 N–H and O–H groups in total. The topological polar surface area (TPSA) is 41.6 Å². The molecule has 2 aromatic rings. The molecule has 26 heavy (non-hydrogen) atoms. The molecule has 1 heterocycles. The quantitative estimate of drug-likeness (QED) is 0.785. The fraction of sp³-hybridized carbons (Fsp3) is 0.381. The number of ether oxygens (including phenoxy) is 1. The lowest BCUT2D eigenvalue weighted by Crippen LogP contribution is -2.44. The van der Waals surface area contributed by atoms with E-state index in [2.05, 4.69) is 5.32 Å². The van der Waals surface area contributed by atoms with Crippen LogP contribution in [0.4, 0.5) is 5.69 Å². The number of benzene rings is 2. The van der Waals surface area contributed by atoms with Gasteiger partial charge in [0.15, 0.2) is 5.75 Å². The predicted molar refractivity (Wildman–Crippen MR) is 106 cm³/mol. The molecular formula is C21H25ClN2O2. The van der Waals surface area contributed by atoms with E-state index in [9.17, 15) is 4.79 Å². The summed E-state index contributed by atoms with van der Waals surface area (Å²) in [5.74, 6) is 1.85. The number of nitrogens with one attached hydrogen (secondary N) is 1. The molecule has 0 aliphatic carbocycles. The van der Waals surface area contributed by atoms with Crippen LogP contribution in [0.3, 0.4) is 0 Å². The van der Waals surface area contributed by atoms with Crippen LogP contribution in [0.5, 0.6) is 11.5 Å². The summed E-state index contributed by atoms with van der Waals surface area (Å²) >= 11 is 5.93. The van der Waals surface area contributed by atoms with Crippen molar-refractivity contribution in [3.63, 3.8) is 0 Å². The highest BCUT2D eigenvalue weighted by Crippen LogP contribution is 2.31. The Morgan fingerprint density at radius 1 is 1.12 bits per heavy atom. The van der Waals surface area contributed by atoms with Gasteiger partial charge in [-0.1, -0.05) is 37.6 Å². The second-order valence-electron chi connectivity index (χ2n) is 6.95. The molecule has 2 aromatic carbocycles. The number of nitrogens with zero attached hydrogens (tertiary/aromatic N) is 1. The lowest BCUT2D eigenvalue weighted by Gasteiger charge is -2.34. The summed E-state index contributed by atoms with van der Waals surface area (Å²) in [5, 5.41) is 4.27. The van der Waals surface area contributed by atoms with Gasteiger partial charge in [0.05, 0.1) is 5.69 Å². The van der Waals surface area contributed by atoms with Gasteiger partial charge in [-0.05, 0) is 49.2 Å². The first-order valence-electron chi connectivity index (χ1n) is 9.10. The highest BCUT2D eigenvalue weighted by molar-refractivity contribution is 6.30. The van der Waals surface area contributed by atoms with Crippen LogP contribution in [0, 0.1) is 5.92 Å². The maximum absolute atomic E-state index is 12.1. The standard InChI is InChI=1S/C21H25ClN2O2/c1-15(2)21(25)24-13-11-17(12-14-24)23-19-5-3-4-6-20(19)26-18-9-7-16(22)8-10-18/h3-10,15,17,23H,11-14H2,1-2H3. The second-order valence-corrected chi connectivity index (χ2v) is 7.39. The summed E-state index contributed by atoms with van der Waals surface area (Å²) in [7, 11) is 0. The maximum atomic E-state index is 12.1. The lowest BCUT2D eigenvalue weighted by molar-refractivity contribution is -0.135. The van der Waals surface area contributed by atoms with Crippen molar-refractivity contribution in [2.45, 2.75) is 32.7 Å². The molecule has 1 saturated heterocycles. The first-order chi connectivity index (χ1) is 12.5. The van der Waals surface area contributed by atoms with E-state index in [1.54, 1.807) is 0 Å². The fourth-order valence-electron chi connectivity index (χ4n) is 3.13. The van der Waals surface area contributed by atoms with Crippen molar-refractivity contribution >= 4 is 23.2 Å². The van der Waals surface area contributed by atoms with Crippen molar-refractivity contribution in [3.8, 4) is 11.5 Å². The number of para-hydroxylation sites is 2. The number of piperidine rings is 1. The Labute approximate surface area is 160 Å². The molecule has 138 valence electrons. The third-order valence-corrected chi connectivity index (χ3v) is 4.84. The zero-order valence-electron chi connectivity index (χ0n) is 15.2. The number of halogens is 1. The molecule has 1 aliphatic heterocycles. The van der Waals surface area contributed by atoms with Gasteiger partial charge in [0.2, 0.25) is 5.91 Å². The lowest BCUT2D eigenvalue weighted by atomic mass is 10.0. The minimum absolute atomic E-state index is 0.0630. The van der Waals surface area contributed by atoms with Crippen molar-refractivity contribution in [2.24, 2.45) is 5.92 Å². The number of rotatable bonds is 5. The van der Waals surface area contributed by atoms with Crippen LogP contribution >= 0.6 is 11.6 Å². The molecule has 0 atom stereocenters. The number of carbonyl (C=O) groups excluding carboxylic acids is 1. The first kappa shape index (κ1) is 18.6. The smallest absolute Gasteiger partial charge is 0.225 e. The summed E-state index contributed by atoms with van der Waals surface area (Å²) in [6.07, 6.45) is 1.88. The van der Waals surface area contributed by atoms with Gasteiger partial charge in [-0.3, -0.25) is 4.79 Å². The number of likely N-dealkylation sites (tertiary alicyclic amines) is 1. The zero-order chi connectivity index (χ0) is 18.5. The van der Waals surface area contributed by atoms with E-state index in [1.165, 1.54) is 0 Å². The highest BCUT2D eigenvalue weighted by atomic mass is 35.5. The van der Waals surface area contributed by atoms with E-state index in [4.69, 9.17) is 16.3 Å². The third-order valence-electron chi connectivity index (χ3n) is 4.59. The molecule has 0 bridgehead atoms. The van der Waals surface area contributed by atoms with E-state index in [0.717, 1.165) is 43.1 Å². The molecule has 0 saturated carbocycles. The van der Waals surface area contributed by atoms with Gasteiger partial charge in [0.1, 0.15) is 5.75 Å². The van der Waals surface area contributed by atoms with E-state index >= 15 is 0 Å². The Hall–Kier alpha value is -2.20. The van der Waals surface area contributed by atoms with E-state index in [1.807, 2.05) is 67.3 Å². The van der Waals surface area contributed by atoms with Crippen molar-refractivity contribution in [1.29, 1.82) is 0 Å². The molecule has 0 spiro atoms. The minimum Gasteiger partial charge on any atom is -0.455 e. The summed E-state index contributed by atoms with van der Waals surface area (Å²) in [5.41, 5.74) is 0.969. The third kappa shape index (κ3) is 4.70. The molecule has 0 unspecified atom stereocenters. The van der Waals surface area contributed by atoms with E-state index in [0.29, 0.717) is 11.1 Å². The molecular weight excluding hydrogens is 348 g/mol. The highest BCUT2D eigenvalue weighted by Gasteiger charge is 2.24. The Morgan fingerprint density at radius 2 is 1.77 bits per heavy atom.